The van der Waals surface area contributed by atoms with Crippen LogP contribution in [0.4, 0.5) is 5.69 Å². The molecule has 3 nitrogen and oxygen atoms in total. The lowest BCUT2D eigenvalue weighted by Crippen LogP contribution is -2.12. The van der Waals surface area contributed by atoms with Gasteiger partial charge in [-0.2, -0.15) is 0 Å². The van der Waals surface area contributed by atoms with Gasteiger partial charge in [-0.25, -0.2) is 0 Å². The third kappa shape index (κ3) is 3.41. The van der Waals surface area contributed by atoms with Crippen LogP contribution in [0.3, 0.4) is 0 Å². The molecule has 19 heavy (non-hydrogen) atoms. The van der Waals surface area contributed by atoms with E-state index in [1.807, 2.05) is 0 Å². The Morgan fingerprint density at radius 1 is 1.16 bits per heavy atom. The van der Waals surface area contributed by atoms with Crippen molar-refractivity contribution in [2.24, 2.45) is 0 Å². The zero-order chi connectivity index (χ0) is 14.0. The van der Waals surface area contributed by atoms with Gasteiger partial charge in [0.2, 0.25) is 0 Å². The van der Waals surface area contributed by atoms with Crippen LogP contribution in [0.1, 0.15) is 10.4 Å². The number of carbonyl (C=O) groups is 1. The van der Waals surface area contributed by atoms with Crippen molar-refractivity contribution in [3.05, 3.63) is 56.5 Å². The van der Waals surface area contributed by atoms with E-state index >= 15 is 0 Å². The monoisotopic (exact) mass is 359 g/mol. The van der Waals surface area contributed by atoms with E-state index < -0.39 is 5.91 Å². The maximum atomic E-state index is 12.0. The third-order valence-electron chi connectivity index (χ3n) is 2.38. The number of aromatic hydroxyl groups is 1. The van der Waals surface area contributed by atoms with E-state index in [0.717, 1.165) is 0 Å². The number of nitrogens with one attached hydrogen (secondary N) is 1. The van der Waals surface area contributed by atoms with Crippen LogP contribution in [0.5, 0.6) is 5.75 Å². The lowest BCUT2D eigenvalue weighted by atomic mass is 10.2. The van der Waals surface area contributed by atoms with Crippen molar-refractivity contribution >= 4 is 50.7 Å². The van der Waals surface area contributed by atoms with Crippen molar-refractivity contribution in [1.82, 2.24) is 0 Å². The second-order valence-electron chi connectivity index (χ2n) is 3.74. The molecule has 0 heterocycles. The molecule has 2 rings (SSSR count). The summed E-state index contributed by atoms with van der Waals surface area (Å²) in [5.41, 5.74) is 0.714. The highest BCUT2D eigenvalue weighted by Gasteiger charge is 2.12. The van der Waals surface area contributed by atoms with Crippen LogP contribution in [0.15, 0.2) is 40.9 Å². The minimum Gasteiger partial charge on any atom is -0.507 e. The molecule has 0 aliphatic carbocycles. The summed E-state index contributed by atoms with van der Waals surface area (Å²) < 4.78 is 0.673. The fourth-order valence-corrected chi connectivity index (χ4v) is 2.13. The zero-order valence-corrected chi connectivity index (χ0v) is 12.6. The number of hydrogen-bond donors (Lipinski definition) is 2. The number of rotatable bonds is 2. The van der Waals surface area contributed by atoms with Gasteiger partial charge in [0.15, 0.2) is 0 Å². The standard InChI is InChI=1S/C13H8BrCl2NO2/c14-10-6-8(2-4-11(10)16)17-13(19)9-3-1-7(15)5-12(9)18/h1-6,18H,(H,17,19). The largest absolute Gasteiger partial charge is 0.507 e. The number of carbonyl (C=O) groups excluding carboxylic acids is 1. The van der Waals surface area contributed by atoms with Crippen molar-refractivity contribution in [1.29, 1.82) is 0 Å². The number of phenolic OH excluding ortho intramolecular Hbond substituents is 1. The SMILES string of the molecule is O=C(Nc1ccc(Cl)c(Br)c1)c1ccc(Cl)cc1O. The highest BCUT2D eigenvalue weighted by atomic mass is 79.9. The molecule has 0 atom stereocenters. The second kappa shape index (κ2) is 5.82. The molecule has 2 N–H and O–H groups in total. The Morgan fingerprint density at radius 3 is 2.53 bits per heavy atom. The molecule has 1 amide bonds. The summed E-state index contributed by atoms with van der Waals surface area (Å²) in [6.07, 6.45) is 0. The van der Waals surface area contributed by atoms with Crippen LogP contribution in [-0.4, -0.2) is 11.0 Å². The Balaban J connectivity index is 2.23. The van der Waals surface area contributed by atoms with Crippen LogP contribution in [0.25, 0.3) is 0 Å². The first-order valence-corrected chi connectivity index (χ1v) is 6.77. The molecule has 0 bridgehead atoms. The average molecular weight is 361 g/mol. The number of anilines is 1. The Morgan fingerprint density at radius 2 is 1.89 bits per heavy atom. The van der Waals surface area contributed by atoms with E-state index in [-0.39, 0.29) is 11.3 Å². The molecule has 98 valence electrons. The average Bonchev–Trinajstić information content (AvgIpc) is 2.33. The van der Waals surface area contributed by atoms with E-state index in [4.69, 9.17) is 23.2 Å². The van der Waals surface area contributed by atoms with Gasteiger partial charge < -0.3 is 10.4 Å². The smallest absolute Gasteiger partial charge is 0.259 e. The van der Waals surface area contributed by atoms with Gasteiger partial charge in [-0.1, -0.05) is 23.2 Å². The van der Waals surface area contributed by atoms with E-state index in [0.29, 0.717) is 20.2 Å². The molecule has 0 aliphatic rings. The number of hydrogen-bond acceptors (Lipinski definition) is 2. The molecular weight excluding hydrogens is 353 g/mol. The maximum absolute atomic E-state index is 12.0. The molecule has 0 unspecified atom stereocenters. The van der Waals surface area contributed by atoms with Crippen molar-refractivity contribution in [2.75, 3.05) is 5.32 Å². The maximum Gasteiger partial charge on any atom is 0.259 e. The normalized spacial score (nSPS) is 10.3. The summed E-state index contributed by atoms with van der Waals surface area (Å²) in [6, 6.07) is 9.30. The van der Waals surface area contributed by atoms with E-state index in [2.05, 4.69) is 21.2 Å². The molecule has 2 aromatic carbocycles. The number of phenols is 1. The molecule has 0 saturated heterocycles. The summed E-state index contributed by atoms with van der Waals surface area (Å²) >= 11 is 14.8. The topological polar surface area (TPSA) is 49.3 Å². The Labute approximate surface area is 128 Å². The Kier molecular flexibility index (Phi) is 4.34. The number of amides is 1. The number of halogens is 3. The van der Waals surface area contributed by atoms with Gasteiger partial charge in [0, 0.05) is 15.2 Å². The lowest BCUT2D eigenvalue weighted by Gasteiger charge is -2.08. The van der Waals surface area contributed by atoms with Crippen LogP contribution < -0.4 is 5.32 Å². The van der Waals surface area contributed by atoms with Gasteiger partial charge in [-0.15, -0.1) is 0 Å². The van der Waals surface area contributed by atoms with Gasteiger partial charge in [0.05, 0.1) is 10.6 Å². The van der Waals surface area contributed by atoms with E-state index in [1.165, 1.54) is 18.2 Å². The molecule has 0 saturated carbocycles. The quantitative estimate of drug-likeness (QED) is 0.814. The van der Waals surface area contributed by atoms with E-state index in [9.17, 15) is 9.90 Å². The molecule has 0 radical (unpaired) electrons. The second-order valence-corrected chi connectivity index (χ2v) is 5.44. The summed E-state index contributed by atoms with van der Waals surface area (Å²) in [5, 5.41) is 13.2. The molecular formula is C13H8BrCl2NO2. The molecule has 6 heteroatoms. The predicted molar refractivity (Wildman–Crippen MR) is 80.2 cm³/mol. The fraction of sp³-hybridized carbons (Fsp3) is 0. The minimum absolute atomic E-state index is 0.149. The van der Waals surface area contributed by atoms with Gasteiger partial charge in [-0.05, 0) is 52.3 Å². The van der Waals surface area contributed by atoms with Gasteiger partial charge in [0.25, 0.3) is 5.91 Å². The lowest BCUT2D eigenvalue weighted by molar-refractivity contribution is 0.102. The molecule has 0 spiro atoms. The van der Waals surface area contributed by atoms with Gasteiger partial charge in [0.1, 0.15) is 5.75 Å². The van der Waals surface area contributed by atoms with Crippen molar-refractivity contribution in [3.63, 3.8) is 0 Å². The fourth-order valence-electron chi connectivity index (χ4n) is 1.47. The molecule has 0 aliphatic heterocycles. The van der Waals surface area contributed by atoms with Crippen molar-refractivity contribution in [2.45, 2.75) is 0 Å². The summed E-state index contributed by atoms with van der Waals surface area (Å²) in [4.78, 5) is 12.0. The highest BCUT2D eigenvalue weighted by Crippen LogP contribution is 2.27. The Bertz CT molecular complexity index is 647. The van der Waals surface area contributed by atoms with E-state index in [1.54, 1.807) is 18.2 Å². The van der Waals surface area contributed by atoms with Crippen LogP contribution in [0, 0.1) is 0 Å². The first-order chi connectivity index (χ1) is 8.97. The molecule has 0 fully saturated rings. The van der Waals surface area contributed by atoms with Crippen LogP contribution in [-0.2, 0) is 0 Å². The third-order valence-corrected chi connectivity index (χ3v) is 3.83. The van der Waals surface area contributed by atoms with Gasteiger partial charge in [-0.3, -0.25) is 4.79 Å². The summed E-state index contributed by atoms with van der Waals surface area (Å²) in [7, 11) is 0. The van der Waals surface area contributed by atoms with Crippen molar-refractivity contribution in [3.8, 4) is 5.75 Å². The van der Waals surface area contributed by atoms with Crippen LogP contribution >= 0.6 is 39.1 Å². The number of benzene rings is 2. The predicted octanol–water partition coefficient (Wildman–Crippen LogP) is 4.71. The molecule has 2 aromatic rings. The minimum atomic E-state index is -0.427. The first kappa shape index (κ1) is 14.2. The Hall–Kier alpha value is -1.23. The highest BCUT2D eigenvalue weighted by molar-refractivity contribution is 9.10. The molecule has 0 aromatic heterocycles. The zero-order valence-electron chi connectivity index (χ0n) is 9.45. The van der Waals surface area contributed by atoms with Gasteiger partial charge >= 0.3 is 0 Å². The summed E-state index contributed by atoms with van der Waals surface area (Å²) in [5.74, 6) is -0.596. The first-order valence-electron chi connectivity index (χ1n) is 5.22. The summed E-state index contributed by atoms with van der Waals surface area (Å²) in [6.45, 7) is 0. The van der Waals surface area contributed by atoms with Crippen molar-refractivity contribution < 1.29 is 9.90 Å². The van der Waals surface area contributed by atoms with Crippen LogP contribution in [0.2, 0.25) is 10.0 Å².